The van der Waals surface area contributed by atoms with Crippen molar-refractivity contribution in [2.45, 2.75) is 24.5 Å². The van der Waals surface area contributed by atoms with E-state index in [1.165, 1.54) is 6.33 Å². The minimum Gasteiger partial charge on any atom is -0.394 e. The van der Waals surface area contributed by atoms with Crippen LogP contribution in [0.15, 0.2) is 11.3 Å². The summed E-state index contributed by atoms with van der Waals surface area (Å²) < 4.78 is 40.3. The van der Waals surface area contributed by atoms with Gasteiger partial charge >= 0.3 is 7.82 Å². The van der Waals surface area contributed by atoms with Crippen LogP contribution in [0.4, 0.5) is 5.82 Å². The number of aliphatic hydroxyl groups is 1. The molecule has 0 spiro atoms. The van der Waals surface area contributed by atoms with Crippen molar-refractivity contribution in [1.82, 2.24) is 9.55 Å². The molecule has 15 nitrogen and oxygen atoms in total. The molecule has 182 valence electrons. The Hall–Kier alpha value is -1.65. The van der Waals surface area contributed by atoms with Crippen LogP contribution in [0.25, 0.3) is 0 Å². The van der Waals surface area contributed by atoms with Gasteiger partial charge in [0.1, 0.15) is 49.1 Å². The Morgan fingerprint density at radius 3 is 2.72 bits per heavy atom. The molecule has 2 aliphatic rings. The predicted octanol–water partition coefficient (Wildman–Crippen LogP) is -2.30. The number of phosphoric ester groups is 1. The summed E-state index contributed by atoms with van der Waals surface area (Å²) in [4.78, 5) is 28.9. The number of nitrogens with two attached hydrogens (primary N) is 2. The maximum Gasteiger partial charge on any atom is 0.470 e. The van der Waals surface area contributed by atoms with Gasteiger partial charge in [-0.1, -0.05) is 0 Å². The highest BCUT2D eigenvalue weighted by Crippen LogP contribution is 2.45. The van der Waals surface area contributed by atoms with Crippen LogP contribution in [0.5, 0.6) is 0 Å². The lowest BCUT2D eigenvalue weighted by molar-refractivity contribution is -0.142. The number of anilines is 1. The molecule has 7 N–H and O–H groups in total. The summed E-state index contributed by atoms with van der Waals surface area (Å²) in [5.41, 5.74) is 11.7. The number of amidine groups is 1. The molecule has 16 heteroatoms. The molecule has 1 saturated heterocycles. The second kappa shape index (κ2) is 11.0. The van der Waals surface area contributed by atoms with E-state index >= 15 is 0 Å². The molecule has 32 heavy (non-hydrogen) atoms. The fraction of sp³-hybridized carbons (Fsp3) is 0.750. The number of hydrogen-bond donors (Lipinski definition) is 5. The number of nitrogens with zero attached hydrogens (tertiary/aromatic N) is 4. The SMILES string of the molecule is CN1CN=C(N)c2ncn([C@@H]3O[C@H](CO)[C@@H](OP(=O)(O)O)[C@H]3OCOCCOCCN)c21. The maximum absolute atomic E-state index is 11.6. The van der Waals surface area contributed by atoms with Gasteiger partial charge in [0, 0.05) is 13.6 Å². The lowest BCUT2D eigenvalue weighted by Crippen LogP contribution is -2.38. The van der Waals surface area contributed by atoms with Gasteiger partial charge in [0.25, 0.3) is 0 Å². The average molecular weight is 480 g/mol. The standard InChI is InChI=1S/C16H29N6O9P/c1-21-7-20-14(18)11-15(21)22(8-19-11)16-13(29-9-28-5-4-27-3-2-17)12(10(6-23)30-16)31-32(24,25)26/h8,10,12-13,16,23H,2-7,9,17H2,1H3,(H2,18,20)(H2,24,25,26)/t10-,12-,13-,16-/m1/s1. The third kappa shape index (κ3) is 5.82. The first-order valence-corrected chi connectivity index (χ1v) is 11.4. The summed E-state index contributed by atoms with van der Waals surface area (Å²) in [5.74, 6) is 0.815. The summed E-state index contributed by atoms with van der Waals surface area (Å²) in [6.45, 7) is 0.760. The summed E-state index contributed by atoms with van der Waals surface area (Å²) in [6.07, 6.45) is -2.93. The van der Waals surface area contributed by atoms with Crippen molar-refractivity contribution in [3.8, 4) is 0 Å². The zero-order valence-corrected chi connectivity index (χ0v) is 18.4. The molecule has 2 aliphatic heterocycles. The highest BCUT2D eigenvalue weighted by molar-refractivity contribution is 7.46. The average Bonchev–Trinajstić information content (AvgIpc) is 3.32. The molecule has 0 bridgehead atoms. The second-order valence-corrected chi connectivity index (χ2v) is 8.27. The van der Waals surface area contributed by atoms with Crippen LogP contribution < -0.4 is 16.4 Å². The van der Waals surface area contributed by atoms with Gasteiger partial charge in [-0.15, -0.1) is 0 Å². The maximum atomic E-state index is 11.6. The number of imidazole rings is 1. The number of rotatable bonds is 12. The van der Waals surface area contributed by atoms with Gasteiger partial charge in [0.2, 0.25) is 0 Å². The van der Waals surface area contributed by atoms with Gasteiger partial charge in [-0.2, -0.15) is 0 Å². The Kier molecular flexibility index (Phi) is 8.57. The van der Waals surface area contributed by atoms with Crippen molar-refractivity contribution >= 4 is 19.5 Å². The number of hydrogen-bond acceptors (Lipinski definition) is 12. The van der Waals surface area contributed by atoms with E-state index in [0.717, 1.165) is 0 Å². The van der Waals surface area contributed by atoms with E-state index in [2.05, 4.69) is 9.98 Å². The minimum absolute atomic E-state index is 0.210. The van der Waals surface area contributed by atoms with Crippen LogP contribution in [0.2, 0.25) is 0 Å². The Balaban J connectivity index is 1.80. The summed E-state index contributed by atoms with van der Waals surface area (Å²) in [6, 6.07) is 0. The third-order valence-corrected chi connectivity index (χ3v) is 5.32. The quantitative estimate of drug-likeness (QED) is 0.121. The minimum atomic E-state index is -4.93. The van der Waals surface area contributed by atoms with Crippen molar-refractivity contribution < 1.29 is 42.9 Å². The lowest BCUT2D eigenvalue weighted by atomic mass is 10.1. The molecule has 0 saturated carbocycles. The molecule has 0 amide bonds. The molecule has 0 aromatic carbocycles. The van der Waals surface area contributed by atoms with Crippen LogP contribution in [-0.2, 0) is 28.0 Å². The Morgan fingerprint density at radius 1 is 1.28 bits per heavy atom. The highest BCUT2D eigenvalue weighted by atomic mass is 31.2. The first kappa shape index (κ1) is 25.0. The van der Waals surface area contributed by atoms with E-state index in [4.69, 9.17) is 34.9 Å². The van der Waals surface area contributed by atoms with Gasteiger partial charge in [-0.05, 0) is 0 Å². The van der Waals surface area contributed by atoms with Gasteiger partial charge in [0.15, 0.2) is 6.23 Å². The van der Waals surface area contributed by atoms with E-state index in [-0.39, 0.29) is 25.9 Å². The molecular weight excluding hydrogens is 451 g/mol. The van der Waals surface area contributed by atoms with Gasteiger partial charge < -0.3 is 50.2 Å². The number of aliphatic imine (C=N–C) groups is 1. The van der Waals surface area contributed by atoms with Crippen LogP contribution in [0.3, 0.4) is 0 Å². The first-order valence-electron chi connectivity index (χ1n) is 9.82. The molecule has 1 aromatic heterocycles. The van der Waals surface area contributed by atoms with E-state index < -0.39 is 39.0 Å². The highest BCUT2D eigenvalue weighted by Gasteiger charge is 2.50. The molecule has 3 heterocycles. The van der Waals surface area contributed by atoms with Crippen molar-refractivity contribution in [3.63, 3.8) is 0 Å². The normalized spacial score (nSPS) is 25.8. The summed E-state index contributed by atoms with van der Waals surface area (Å²) in [7, 11) is -3.15. The Morgan fingerprint density at radius 2 is 2.03 bits per heavy atom. The fourth-order valence-electron chi connectivity index (χ4n) is 3.45. The van der Waals surface area contributed by atoms with Crippen LogP contribution in [-0.4, -0.2) is 102 Å². The van der Waals surface area contributed by atoms with Crippen molar-refractivity contribution in [2.24, 2.45) is 16.5 Å². The van der Waals surface area contributed by atoms with Gasteiger partial charge in [-0.3, -0.25) is 9.09 Å². The number of fused-ring (bicyclic) bond motifs is 1. The second-order valence-electron chi connectivity index (χ2n) is 7.07. The van der Waals surface area contributed by atoms with Crippen LogP contribution in [0, 0.1) is 0 Å². The third-order valence-electron chi connectivity index (χ3n) is 4.80. The predicted molar refractivity (Wildman–Crippen MR) is 110 cm³/mol. The molecule has 1 aromatic rings. The van der Waals surface area contributed by atoms with Crippen molar-refractivity contribution in [1.29, 1.82) is 0 Å². The fourth-order valence-corrected chi connectivity index (χ4v) is 4.03. The Labute approximate surface area is 184 Å². The van der Waals surface area contributed by atoms with E-state index in [1.54, 1.807) is 16.5 Å². The summed E-state index contributed by atoms with van der Waals surface area (Å²) in [5, 5.41) is 9.74. The monoisotopic (exact) mass is 480 g/mol. The largest absolute Gasteiger partial charge is 0.470 e. The first-order chi connectivity index (χ1) is 15.3. The molecule has 0 aliphatic carbocycles. The molecule has 1 fully saturated rings. The van der Waals surface area contributed by atoms with Gasteiger partial charge in [-0.25, -0.2) is 14.5 Å². The van der Waals surface area contributed by atoms with Crippen LogP contribution >= 0.6 is 7.82 Å². The number of aromatic nitrogens is 2. The molecule has 3 rings (SSSR count). The van der Waals surface area contributed by atoms with E-state index in [1.807, 2.05) is 0 Å². The smallest absolute Gasteiger partial charge is 0.394 e. The molecule has 0 radical (unpaired) electrons. The van der Waals surface area contributed by atoms with E-state index in [9.17, 15) is 19.5 Å². The number of ether oxygens (including phenoxy) is 4. The van der Waals surface area contributed by atoms with Crippen molar-refractivity contribution in [3.05, 3.63) is 12.0 Å². The Bertz CT molecular complexity index is 833. The summed E-state index contributed by atoms with van der Waals surface area (Å²) >= 11 is 0. The van der Waals surface area contributed by atoms with Crippen LogP contribution in [0.1, 0.15) is 11.9 Å². The van der Waals surface area contributed by atoms with Gasteiger partial charge in [0.05, 0.1) is 32.8 Å². The topological polar surface area (TPSA) is 209 Å². The lowest BCUT2D eigenvalue weighted by Gasteiger charge is -2.29. The number of aliphatic hydroxyl groups excluding tert-OH is 1. The molecular formula is C16H29N6O9P. The zero-order valence-electron chi connectivity index (χ0n) is 17.5. The molecule has 0 unspecified atom stereocenters. The van der Waals surface area contributed by atoms with E-state index in [0.29, 0.717) is 31.3 Å². The molecule has 4 atom stereocenters. The van der Waals surface area contributed by atoms with Crippen molar-refractivity contribution in [2.75, 3.05) is 58.4 Å². The zero-order chi connectivity index (χ0) is 23.3. The number of phosphoric acid groups is 1.